The molecule has 2 aromatic rings. The molecule has 8 heteroatoms. The van der Waals surface area contributed by atoms with Crippen LogP contribution in [-0.4, -0.2) is 35.0 Å². The second kappa shape index (κ2) is 7.50. The molecule has 1 aromatic carbocycles. The molecule has 2 atom stereocenters. The van der Waals surface area contributed by atoms with Gasteiger partial charge in [-0.05, 0) is 29.8 Å². The van der Waals surface area contributed by atoms with Crippen LogP contribution in [0.2, 0.25) is 5.02 Å². The van der Waals surface area contributed by atoms with Crippen LogP contribution in [0.15, 0.2) is 47.6 Å². The molecule has 1 fully saturated rings. The normalized spacial score (nSPS) is 24.6. The predicted octanol–water partition coefficient (Wildman–Crippen LogP) is 3.28. The number of hydrogen-bond acceptors (Lipinski definition) is 6. The number of thioether (sulfide) groups is 1. The van der Waals surface area contributed by atoms with Gasteiger partial charge < -0.3 is 15.8 Å². The second-order valence-electron chi connectivity index (χ2n) is 6.60. The third-order valence-corrected chi connectivity index (χ3v) is 6.12. The van der Waals surface area contributed by atoms with E-state index in [1.54, 1.807) is 23.9 Å². The zero-order valence-electron chi connectivity index (χ0n) is 14.5. The molecule has 6 nitrogen and oxygen atoms in total. The molecule has 1 aromatic heterocycles. The van der Waals surface area contributed by atoms with Crippen molar-refractivity contribution in [3.05, 3.63) is 58.9 Å². The number of aromatic nitrogens is 1. The molecule has 1 unspecified atom stereocenters. The van der Waals surface area contributed by atoms with Crippen LogP contribution >= 0.6 is 23.4 Å². The quantitative estimate of drug-likeness (QED) is 0.822. The predicted molar refractivity (Wildman–Crippen MR) is 108 cm³/mol. The summed E-state index contributed by atoms with van der Waals surface area (Å²) in [4.78, 5) is 21.3. The molecule has 140 valence electrons. The fourth-order valence-corrected chi connectivity index (χ4v) is 4.64. The highest BCUT2D eigenvalue weighted by Crippen LogP contribution is 2.45. The van der Waals surface area contributed by atoms with Gasteiger partial charge in [-0.15, -0.1) is 0 Å². The lowest BCUT2D eigenvalue weighted by atomic mass is 9.75. The summed E-state index contributed by atoms with van der Waals surface area (Å²) in [6.07, 6.45) is 2.23. The van der Waals surface area contributed by atoms with Gasteiger partial charge in [-0.3, -0.25) is 9.79 Å². The summed E-state index contributed by atoms with van der Waals surface area (Å²) in [5.41, 5.74) is 7.70. The van der Waals surface area contributed by atoms with Gasteiger partial charge in [-0.25, -0.2) is 4.98 Å². The highest BCUT2D eigenvalue weighted by molar-refractivity contribution is 8.13. The summed E-state index contributed by atoms with van der Waals surface area (Å²) in [5.74, 6) is 0.847. The first kappa shape index (κ1) is 18.3. The summed E-state index contributed by atoms with van der Waals surface area (Å²) in [6, 6.07) is 11.0. The molecule has 3 heterocycles. The van der Waals surface area contributed by atoms with Crippen LogP contribution in [0.25, 0.3) is 0 Å². The maximum Gasteiger partial charge on any atom is 0.274 e. The third kappa shape index (κ3) is 3.67. The lowest BCUT2D eigenvalue weighted by Gasteiger charge is -2.44. The standard InChI is InChI=1S/C19H19ClN4O2S/c20-14-4-5-16(22-9-14)17(25)23-15-3-1-2-12(8-15)19-6-7-26-10-13(19)11-27-18(21)24-19/h1-5,8-9,13H,6-7,10-11H2,(H2,21,24)(H,23,25)/t13?,19-/m1/s1. The Kier molecular flexibility index (Phi) is 5.08. The van der Waals surface area contributed by atoms with E-state index in [2.05, 4.69) is 10.3 Å². The number of nitrogens with two attached hydrogens (primary N) is 1. The van der Waals surface area contributed by atoms with Crippen molar-refractivity contribution in [2.75, 3.05) is 24.3 Å². The summed E-state index contributed by atoms with van der Waals surface area (Å²) in [7, 11) is 0. The van der Waals surface area contributed by atoms with Crippen molar-refractivity contribution in [1.29, 1.82) is 0 Å². The fourth-order valence-electron chi connectivity index (χ4n) is 3.56. The van der Waals surface area contributed by atoms with Crippen LogP contribution in [0.4, 0.5) is 5.69 Å². The Balaban J connectivity index is 1.63. The number of ether oxygens (including phenoxy) is 1. The summed E-state index contributed by atoms with van der Waals surface area (Å²) >= 11 is 7.40. The molecule has 0 spiro atoms. The molecular formula is C19H19ClN4O2S. The van der Waals surface area contributed by atoms with Gasteiger partial charge in [-0.1, -0.05) is 35.5 Å². The highest BCUT2D eigenvalue weighted by atomic mass is 35.5. The largest absolute Gasteiger partial charge is 0.381 e. The van der Waals surface area contributed by atoms with E-state index < -0.39 is 5.54 Å². The SMILES string of the molecule is NC1=N[C@@]2(c3cccc(NC(=O)c4ccc(Cl)cn4)c3)CCOCC2CS1. The van der Waals surface area contributed by atoms with Gasteiger partial charge in [0.15, 0.2) is 5.17 Å². The minimum absolute atomic E-state index is 0.257. The van der Waals surface area contributed by atoms with Crippen molar-refractivity contribution < 1.29 is 9.53 Å². The number of amidine groups is 1. The Morgan fingerprint density at radius 3 is 3.07 bits per heavy atom. The molecule has 1 amide bonds. The minimum Gasteiger partial charge on any atom is -0.381 e. The van der Waals surface area contributed by atoms with Crippen molar-refractivity contribution in [2.24, 2.45) is 16.6 Å². The number of nitrogens with one attached hydrogen (secondary N) is 1. The number of carbonyl (C=O) groups is 1. The topological polar surface area (TPSA) is 89.6 Å². The van der Waals surface area contributed by atoms with Crippen LogP contribution in [0.3, 0.4) is 0 Å². The van der Waals surface area contributed by atoms with Crippen LogP contribution in [0.5, 0.6) is 0 Å². The Bertz CT molecular complexity index is 890. The second-order valence-corrected chi connectivity index (χ2v) is 8.08. The summed E-state index contributed by atoms with van der Waals surface area (Å²) in [6.45, 7) is 1.30. The maximum absolute atomic E-state index is 12.5. The summed E-state index contributed by atoms with van der Waals surface area (Å²) in [5, 5.41) is 3.99. The smallest absolute Gasteiger partial charge is 0.274 e. The number of pyridine rings is 1. The maximum atomic E-state index is 12.5. The minimum atomic E-state index is -0.396. The van der Waals surface area contributed by atoms with Crippen LogP contribution in [0, 0.1) is 5.92 Å². The van der Waals surface area contributed by atoms with Crippen LogP contribution in [0.1, 0.15) is 22.5 Å². The number of amides is 1. The zero-order chi connectivity index (χ0) is 18.9. The monoisotopic (exact) mass is 402 g/mol. The number of nitrogens with zero attached hydrogens (tertiary/aromatic N) is 2. The van der Waals surface area contributed by atoms with Gasteiger partial charge in [-0.2, -0.15) is 0 Å². The van der Waals surface area contributed by atoms with E-state index in [-0.39, 0.29) is 11.8 Å². The molecule has 1 saturated heterocycles. The lowest BCUT2D eigenvalue weighted by molar-refractivity contribution is 0.0101. The number of benzene rings is 1. The lowest BCUT2D eigenvalue weighted by Crippen LogP contribution is -2.46. The average Bonchev–Trinajstić information content (AvgIpc) is 2.68. The Labute approximate surface area is 166 Å². The van der Waals surface area contributed by atoms with Gasteiger partial charge in [0, 0.05) is 36.6 Å². The molecule has 0 saturated carbocycles. The third-order valence-electron chi connectivity index (χ3n) is 4.94. The van der Waals surface area contributed by atoms with Crippen molar-refractivity contribution in [3.63, 3.8) is 0 Å². The average molecular weight is 403 g/mol. The van der Waals surface area contributed by atoms with E-state index in [4.69, 9.17) is 27.1 Å². The summed E-state index contributed by atoms with van der Waals surface area (Å²) < 4.78 is 5.67. The fraction of sp³-hybridized carbons (Fsp3) is 0.316. The van der Waals surface area contributed by atoms with E-state index in [9.17, 15) is 4.79 Å². The van der Waals surface area contributed by atoms with Crippen LogP contribution < -0.4 is 11.1 Å². The van der Waals surface area contributed by atoms with E-state index in [1.165, 1.54) is 6.20 Å². The van der Waals surface area contributed by atoms with Crippen LogP contribution in [-0.2, 0) is 10.3 Å². The van der Waals surface area contributed by atoms with Crippen molar-refractivity contribution in [2.45, 2.75) is 12.0 Å². The molecule has 2 aliphatic heterocycles. The molecule has 3 N–H and O–H groups in total. The highest BCUT2D eigenvalue weighted by Gasteiger charge is 2.45. The van der Waals surface area contributed by atoms with Gasteiger partial charge >= 0.3 is 0 Å². The number of fused-ring (bicyclic) bond motifs is 1. The molecule has 27 heavy (non-hydrogen) atoms. The van der Waals surface area contributed by atoms with Crippen molar-refractivity contribution in [1.82, 2.24) is 4.98 Å². The number of carbonyl (C=O) groups excluding carboxylic acids is 1. The van der Waals surface area contributed by atoms with E-state index in [0.717, 1.165) is 17.7 Å². The van der Waals surface area contributed by atoms with Gasteiger partial charge in [0.2, 0.25) is 0 Å². The molecule has 2 aliphatic rings. The molecule has 0 bridgehead atoms. The van der Waals surface area contributed by atoms with Gasteiger partial charge in [0.05, 0.1) is 17.2 Å². The number of halogens is 1. The van der Waals surface area contributed by atoms with Crippen molar-refractivity contribution in [3.8, 4) is 0 Å². The zero-order valence-corrected chi connectivity index (χ0v) is 16.1. The Morgan fingerprint density at radius 2 is 2.26 bits per heavy atom. The van der Waals surface area contributed by atoms with E-state index in [0.29, 0.717) is 34.8 Å². The number of anilines is 1. The molecule has 4 rings (SSSR count). The number of hydrogen-bond donors (Lipinski definition) is 2. The van der Waals surface area contributed by atoms with E-state index in [1.807, 2.05) is 24.3 Å². The Morgan fingerprint density at radius 1 is 1.37 bits per heavy atom. The first-order valence-corrected chi connectivity index (χ1v) is 10.0. The molecule has 0 radical (unpaired) electrons. The molecule has 0 aliphatic carbocycles. The number of aliphatic imine (C=N–C) groups is 1. The van der Waals surface area contributed by atoms with E-state index >= 15 is 0 Å². The van der Waals surface area contributed by atoms with Gasteiger partial charge in [0.25, 0.3) is 5.91 Å². The van der Waals surface area contributed by atoms with Crippen molar-refractivity contribution >= 4 is 40.1 Å². The van der Waals surface area contributed by atoms with Gasteiger partial charge in [0.1, 0.15) is 5.69 Å². The molecular weight excluding hydrogens is 384 g/mol. The Hall–Kier alpha value is -2.09. The first-order chi connectivity index (χ1) is 13.1. The first-order valence-electron chi connectivity index (χ1n) is 8.66. The number of rotatable bonds is 3.